The summed E-state index contributed by atoms with van der Waals surface area (Å²) in [6.07, 6.45) is 3.02. The Hall–Kier alpha value is -1.35. The number of nitrogens with one attached hydrogen (secondary N) is 1. The van der Waals surface area contributed by atoms with Gasteiger partial charge in [-0.25, -0.2) is 0 Å². The molecule has 1 aromatic rings. The van der Waals surface area contributed by atoms with Crippen LogP contribution >= 0.6 is 0 Å². The molecule has 0 saturated carbocycles. The van der Waals surface area contributed by atoms with Crippen molar-refractivity contribution in [3.8, 4) is 0 Å². The SMILES string of the molecule is CC(C)C1(C(=O)N(C)CCCc2ccccc2)CCNC1. The molecule has 1 atom stereocenters. The molecule has 2 rings (SSSR count). The smallest absolute Gasteiger partial charge is 0.230 e. The number of hydrogen-bond donors (Lipinski definition) is 1. The number of carbonyl (C=O) groups is 1. The molecule has 0 aromatic heterocycles. The van der Waals surface area contributed by atoms with E-state index in [0.29, 0.717) is 11.8 Å². The fourth-order valence-electron chi connectivity index (χ4n) is 3.28. The Morgan fingerprint density at radius 3 is 2.62 bits per heavy atom. The second-order valence-corrected chi connectivity index (χ2v) is 6.55. The number of nitrogens with zero attached hydrogens (tertiary/aromatic N) is 1. The summed E-state index contributed by atoms with van der Waals surface area (Å²) in [6, 6.07) is 10.5. The average molecular weight is 288 g/mol. The van der Waals surface area contributed by atoms with Gasteiger partial charge in [-0.1, -0.05) is 44.2 Å². The Morgan fingerprint density at radius 1 is 1.33 bits per heavy atom. The second kappa shape index (κ2) is 7.08. The second-order valence-electron chi connectivity index (χ2n) is 6.55. The van der Waals surface area contributed by atoms with Crippen LogP contribution in [-0.2, 0) is 11.2 Å². The van der Waals surface area contributed by atoms with Gasteiger partial charge in [0.05, 0.1) is 5.41 Å². The van der Waals surface area contributed by atoms with E-state index in [1.807, 2.05) is 18.0 Å². The highest BCUT2D eigenvalue weighted by Gasteiger charge is 2.45. The third kappa shape index (κ3) is 3.65. The largest absolute Gasteiger partial charge is 0.345 e. The molecule has 0 aliphatic carbocycles. The summed E-state index contributed by atoms with van der Waals surface area (Å²) in [5.41, 5.74) is 1.15. The van der Waals surface area contributed by atoms with E-state index in [1.54, 1.807) is 0 Å². The third-order valence-electron chi connectivity index (χ3n) is 4.87. The Kier molecular flexibility index (Phi) is 5.40. The van der Waals surface area contributed by atoms with Crippen molar-refractivity contribution in [3.63, 3.8) is 0 Å². The molecule has 1 saturated heterocycles. The van der Waals surface area contributed by atoms with Crippen LogP contribution in [0, 0.1) is 11.3 Å². The molecule has 3 nitrogen and oxygen atoms in total. The Balaban J connectivity index is 1.87. The van der Waals surface area contributed by atoms with Crippen molar-refractivity contribution >= 4 is 5.91 Å². The molecule has 21 heavy (non-hydrogen) atoms. The average Bonchev–Trinajstić information content (AvgIpc) is 2.98. The van der Waals surface area contributed by atoms with Gasteiger partial charge < -0.3 is 10.2 Å². The van der Waals surface area contributed by atoms with E-state index < -0.39 is 0 Å². The maximum absolute atomic E-state index is 12.8. The zero-order chi connectivity index (χ0) is 15.3. The van der Waals surface area contributed by atoms with Gasteiger partial charge >= 0.3 is 0 Å². The minimum Gasteiger partial charge on any atom is -0.345 e. The van der Waals surface area contributed by atoms with E-state index in [0.717, 1.165) is 38.9 Å². The zero-order valence-corrected chi connectivity index (χ0v) is 13.6. The Morgan fingerprint density at radius 2 is 2.05 bits per heavy atom. The molecular weight excluding hydrogens is 260 g/mol. The summed E-state index contributed by atoms with van der Waals surface area (Å²) in [5, 5.41) is 3.36. The van der Waals surface area contributed by atoms with E-state index in [9.17, 15) is 4.79 Å². The number of benzene rings is 1. The monoisotopic (exact) mass is 288 g/mol. The van der Waals surface area contributed by atoms with Crippen molar-refractivity contribution in [2.45, 2.75) is 33.1 Å². The standard InChI is InChI=1S/C18H28N2O/c1-15(2)18(11-12-19-14-18)17(21)20(3)13-7-10-16-8-5-4-6-9-16/h4-6,8-9,15,19H,7,10-14H2,1-3H3. The number of rotatable bonds is 6. The maximum atomic E-state index is 12.8. The first-order valence-electron chi connectivity index (χ1n) is 8.06. The molecule has 0 spiro atoms. The zero-order valence-electron chi connectivity index (χ0n) is 13.6. The summed E-state index contributed by atoms with van der Waals surface area (Å²) < 4.78 is 0. The summed E-state index contributed by atoms with van der Waals surface area (Å²) >= 11 is 0. The van der Waals surface area contributed by atoms with Gasteiger partial charge in [-0.15, -0.1) is 0 Å². The van der Waals surface area contributed by atoms with E-state index in [1.165, 1.54) is 5.56 Å². The number of carbonyl (C=O) groups excluding carboxylic acids is 1. The van der Waals surface area contributed by atoms with Crippen molar-refractivity contribution in [2.75, 3.05) is 26.7 Å². The van der Waals surface area contributed by atoms with Crippen LogP contribution in [0.15, 0.2) is 30.3 Å². The van der Waals surface area contributed by atoms with Gasteiger partial charge in [-0.05, 0) is 37.3 Å². The van der Waals surface area contributed by atoms with Crippen molar-refractivity contribution < 1.29 is 4.79 Å². The fraction of sp³-hybridized carbons (Fsp3) is 0.611. The van der Waals surface area contributed by atoms with Crippen LogP contribution in [0.1, 0.15) is 32.3 Å². The molecule has 0 radical (unpaired) electrons. The number of hydrogen-bond acceptors (Lipinski definition) is 2. The van der Waals surface area contributed by atoms with Gasteiger partial charge in [-0.3, -0.25) is 4.79 Å². The molecule has 1 N–H and O–H groups in total. The predicted molar refractivity (Wildman–Crippen MR) is 87.2 cm³/mol. The predicted octanol–water partition coefficient (Wildman–Crippen LogP) is 2.71. The normalized spacial score (nSPS) is 21.7. The highest BCUT2D eigenvalue weighted by molar-refractivity contribution is 5.83. The van der Waals surface area contributed by atoms with Crippen molar-refractivity contribution in [3.05, 3.63) is 35.9 Å². The summed E-state index contributed by atoms with van der Waals surface area (Å²) in [7, 11) is 1.95. The topological polar surface area (TPSA) is 32.3 Å². The fourth-order valence-corrected chi connectivity index (χ4v) is 3.28. The molecule has 1 aromatic carbocycles. The quantitative estimate of drug-likeness (QED) is 0.873. The lowest BCUT2D eigenvalue weighted by Gasteiger charge is -2.35. The van der Waals surface area contributed by atoms with Crippen molar-refractivity contribution in [1.29, 1.82) is 0 Å². The summed E-state index contributed by atoms with van der Waals surface area (Å²) in [6.45, 7) is 6.96. The molecule has 1 heterocycles. The first-order chi connectivity index (χ1) is 10.1. The number of aryl methyl sites for hydroxylation is 1. The Labute approximate surface area is 128 Å². The minimum absolute atomic E-state index is 0.193. The van der Waals surface area contributed by atoms with Gasteiger partial charge in [0, 0.05) is 20.1 Å². The molecule has 1 unspecified atom stereocenters. The van der Waals surface area contributed by atoms with Crippen LogP contribution in [0.4, 0.5) is 0 Å². The van der Waals surface area contributed by atoms with Gasteiger partial charge in [0.15, 0.2) is 0 Å². The van der Waals surface area contributed by atoms with Crippen LogP contribution in [-0.4, -0.2) is 37.5 Å². The first-order valence-corrected chi connectivity index (χ1v) is 8.06. The first kappa shape index (κ1) is 16.0. The minimum atomic E-state index is -0.193. The highest BCUT2D eigenvalue weighted by atomic mass is 16.2. The molecule has 1 aliphatic heterocycles. The van der Waals surface area contributed by atoms with Crippen LogP contribution in [0.3, 0.4) is 0 Å². The van der Waals surface area contributed by atoms with E-state index >= 15 is 0 Å². The van der Waals surface area contributed by atoms with E-state index in [4.69, 9.17) is 0 Å². The van der Waals surface area contributed by atoms with Crippen LogP contribution in [0.2, 0.25) is 0 Å². The van der Waals surface area contributed by atoms with Crippen LogP contribution in [0.5, 0.6) is 0 Å². The molecule has 3 heteroatoms. The van der Waals surface area contributed by atoms with Gasteiger partial charge in [-0.2, -0.15) is 0 Å². The van der Waals surface area contributed by atoms with Crippen LogP contribution < -0.4 is 5.32 Å². The number of amides is 1. The molecule has 1 fully saturated rings. The lowest BCUT2D eigenvalue weighted by molar-refractivity contribution is -0.142. The van der Waals surface area contributed by atoms with Gasteiger partial charge in [0.1, 0.15) is 0 Å². The molecule has 116 valence electrons. The van der Waals surface area contributed by atoms with Gasteiger partial charge in [0.2, 0.25) is 5.91 Å². The molecule has 1 amide bonds. The summed E-state index contributed by atoms with van der Waals surface area (Å²) in [5.74, 6) is 0.701. The lowest BCUT2D eigenvalue weighted by Crippen LogP contribution is -2.47. The molecular formula is C18H28N2O. The van der Waals surface area contributed by atoms with Crippen LogP contribution in [0.25, 0.3) is 0 Å². The van der Waals surface area contributed by atoms with E-state index in [2.05, 4.69) is 43.4 Å². The van der Waals surface area contributed by atoms with Gasteiger partial charge in [0.25, 0.3) is 0 Å². The van der Waals surface area contributed by atoms with E-state index in [-0.39, 0.29) is 5.41 Å². The lowest BCUT2D eigenvalue weighted by atomic mass is 9.75. The highest BCUT2D eigenvalue weighted by Crippen LogP contribution is 2.35. The molecule has 1 aliphatic rings. The maximum Gasteiger partial charge on any atom is 0.230 e. The van der Waals surface area contributed by atoms with Crippen molar-refractivity contribution in [2.24, 2.45) is 11.3 Å². The Bertz CT molecular complexity index is 450. The summed E-state index contributed by atoms with van der Waals surface area (Å²) in [4.78, 5) is 14.8. The van der Waals surface area contributed by atoms with Crippen molar-refractivity contribution in [1.82, 2.24) is 10.2 Å². The molecule has 0 bridgehead atoms. The third-order valence-corrected chi connectivity index (χ3v) is 4.87.